The van der Waals surface area contributed by atoms with Gasteiger partial charge >= 0.3 is 0 Å². The Labute approximate surface area is 579 Å². The van der Waals surface area contributed by atoms with E-state index in [1.54, 1.807) is 0 Å². The molecule has 2 aromatic carbocycles. The molecule has 0 unspecified atom stereocenters. The van der Waals surface area contributed by atoms with Crippen LogP contribution in [0.4, 0.5) is 0 Å². The highest BCUT2D eigenvalue weighted by Gasteiger charge is 2.39. The van der Waals surface area contributed by atoms with Gasteiger partial charge in [0.1, 0.15) is 71.9 Å². The Morgan fingerprint density at radius 3 is 0.910 bits per heavy atom. The van der Waals surface area contributed by atoms with Crippen LogP contribution in [0, 0.1) is 11.8 Å². The molecule has 0 bridgehead atoms. The quantitative estimate of drug-likeness (QED) is 0.0215. The normalized spacial score (nSPS) is 22.1. The van der Waals surface area contributed by atoms with Crippen LogP contribution in [0.5, 0.6) is 11.5 Å². The molecule has 1 aliphatic rings. The second kappa shape index (κ2) is 42.8. The zero-order valence-corrected chi connectivity index (χ0v) is 57.2. The van der Waals surface area contributed by atoms with Gasteiger partial charge in [-0.1, -0.05) is 52.0 Å². The molecule has 100 heavy (non-hydrogen) atoms. The Kier molecular flexibility index (Phi) is 35.7. The van der Waals surface area contributed by atoms with Gasteiger partial charge in [-0.15, -0.1) is 0 Å². The molecule has 10 atom stereocenters. The number of hydrogen-bond acceptors (Lipinski definition) is 18. The van der Waals surface area contributed by atoms with Gasteiger partial charge in [0.2, 0.25) is 82.7 Å². The summed E-state index contributed by atoms with van der Waals surface area (Å²) in [5, 5.41) is 51.3. The van der Waals surface area contributed by atoms with Crippen LogP contribution in [0.1, 0.15) is 130 Å². The molecule has 0 radical (unpaired) electrons. The first-order valence-electron chi connectivity index (χ1n) is 32.9. The van der Waals surface area contributed by atoms with Gasteiger partial charge in [-0.05, 0) is 111 Å². The maximum Gasteiger partial charge on any atom is 0.243 e. The van der Waals surface area contributed by atoms with E-state index in [0.29, 0.717) is 11.1 Å². The fraction of sp³-hybridized carbons (Fsp3) is 0.562. The highest BCUT2D eigenvalue weighted by molar-refractivity contribution is 6.01. The number of phenolic OH excluding ortho intramolecular Hbond substituents is 2. The summed E-state index contributed by atoms with van der Waals surface area (Å²) in [5.41, 5.74) is 34.4. The van der Waals surface area contributed by atoms with Gasteiger partial charge in [-0.25, -0.2) is 0 Å². The maximum absolute atomic E-state index is 14.9. The number of phenols is 2. The van der Waals surface area contributed by atoms with Gasteiger partial charge in [0.05, 0.1) is 12.8 Å². The molecule has 1 heterocycles. The number of aromatic hydroxyl groups is 2. The topological polar surface area (TPSA) is 605 Å². The van der Waals surface area contributed by atoms with Gasteiger partial charge in [0.15, 0.2) is 11.9 Å². The number of nitrogens with one attached hydrogen (secondary N) is 12. The lowest BCUT2D eigenvalue weighted by Gasteiger charge is -2.30. The van der Waals surface area contributed by atoms with Crippen LogP contribution in [-0.4, -0.2) is 191 Å². The molecule has 3 rings (SSSR count). The van der Waals surface area contributed by atoms with Crippen LogP contribution in [0.15, 0.2) is 58.5 Å². The molecule has 0 spiro atoms. The van der Waals surface area contributed by atoms with Crippen LogP contribution in [0.2, 0.25) is 0 Å². The number of unbranched alkanes of at least 4 members (excludes halogenated alkanes) is 2. The van der Waals surface area contributed by atoms with E-state index in [1.165, 1.54) is 90.1 Å². The number of amides is 14. The molecule has 552 valence electrons. The molecule has 36 nitrogen and oxygen atoms in total. The summed E-state index contributed by atoms with van der Waals surface area (Å²) in [6.45, 7) is 8.73. The Balaban J connectivity index is 2.40. The number of hydrogen-bond donors (Lipinski definition) is 20. The Hall–Kier alpha value is -10.8. The van der Waals surface area contributed by atoms with Crippen molar-refractivity contribution in [3.63, 3.8) is 0 Å². The second-order valence-electron chi connectivity index (χ2n) is 24.9. The first-order valence-corrected chi connectivity index (χ1v) is 32.9. The molecular weight excluding hydrogens is 1300 g/mol. The monoisotopic (exact) mass is 1400 g/mol. The number of carbonyl (C=O) groups excluding carboxylic acids is 14. The summed E-state index contributed by atoms with van der Waals surface area (Å²) < 4.78 is 0. The van der Waals surface area contributed by atoms with Crippen molar-refractivity contribution in [1.29, 1.82) is 0 Å². The van der Waals surface area contributed by atoms with E-state index < -0.39 is 156 Å². The number of rotatable bonds is 28. The molecule has 1 saturated heterocycles. The highest BCUT2D eigenvalue weighted by atomic mass is 16.3. The summed E-state index contributed by atoms with van der Waals surface area (Å²) in [6, 6.07) is -5.50. The zero-order valence-electron chi connectivity index (χ0n) is 57.2. The largest absolute Gasteiger partial charge is 0.508 e. The smallest absolute Gasteiger partial charge is 0.243 e. The van der Waals surface area contributed by atoms with Gasteiger partial charge in [0.25, 0.3) is 0 Å². The summed E-state index contributed by atoms with van der Waals surface area (Å²) in [7, 11) is 0. The average molecular weight is 1410 g/mol. The summed E-state index contributed by atoms with van der Waals surface area (Å²) in [5.74, 6) is -16.0. The van der Waals surface area contributed by atoms with Gasteiger partial charge in [0, 0.05) is 52.9 Å². The van der Waals surface area contributed by atoms with Gasteiger partial charge < -0.3 is 108 Å². The van der Waals surface area contributed by atoms with E-state index in [0.717, 1.165) is 0 Å². The standard InChI is InChI=1S/C64H100N20O16/c1-33(2)51-61(99)81-45(29-37-17-21-39(87)22-18-37)57(95)77-43(15-11-27-73-63(67)68)53(91)76-42(14-8-10-26-72-36(6)86)56(94)80-48(32-50(66)90)60(98)84-52(34(3)4)62(100)82-46(30-38-19-23-40(88)24-20-38)58(96)78-44(16-12-28-74-64(69)70)54(92)75-41(13-7-9-25-71-35(5)85)55(93)79-47(31-49(65)89)59(97)83-51/h17-24,33-34,41-48,51-52,87-88H,7-16,25-32H2,1-6H3,(H2,65,89)(H2,66,90)(H,71,85)(H,72,86)(H,75,92)(H,76,91)(H,77,95)(H,78,96)(H,79,93)(H,80,94)(H,81,99)(H,82,100)(H,83,97)(H,84,98)(H4,67,68,73)(H4,69,70,74)/t41-,42-,43-,44-,45-,46-,47-,48-,51-,52-/m0/s1. The van der Waals surface area contributed by atoms with Crippen molar-refractivity contribution in [2.45, 2.75) is 192 Å². The van der Waals surface area contributed by atoms with Crippen molar-refractivity contribution in [2.24, 2.45) is 56.2 Å². The molecule has 14 amide bonds. The number of nitrogens with zero attached hydrogens (tertiary/aromatic N) is 2. The van der Waals surface area contributed by atoms with E-state index in [2.05, 4.69) is 73.8 Å². The van der Waals surface area contributed by atoms with E-state index in [4.69, 9.17) is 34.4 Å². The van der Waals surface area contributed by atoms with Gasteiger partial charge in [-0.2, -0.15) is 0 Å². The minimum Gasteiger partial charge on any atom is -0.508 e. The average Bonchev–Trinajstić information content (AvgIpc) is 0.849. The van der Waals surface area contributed by atoms with Crippen molar-refractivity contribution in [2.75, 3.05) is 26.2 Å². The molecule has 0 aliphatic carbocycles. The molecule has 0 saturated carbocycles. The maximum atomic E-state index is 14.9. The molecule has 1 fully saturated rings. The molecule has 26 N–H and O–H groups in total. The minimum absolute atomic E-state index is 0.00498. The third-order valence-corrected chi connectivity index (χ3v) is 15.6. The van der Waals surface area contributed by atoms with Crippen LogP contribution < -0.4 is 98.2 Å². The van der Waals surface area contributed by atoms with Crippen molar-refractivity contribution in [1.82, 2.24) is 63.8 Å². The third kappa shape index (κ3) is 31.6. The zero-order chi connectivity index (χ0) is 74.8. The van der Waals surface area contributed by atoms with E-state index in [1.807, 2.05) is 0 Å². The van der Waals surface area contributed by atoms with Gasteiger partial charge in [-0.3, -0.25) is 77.1 Å². The predicted molar refractivity (Wildman–Crippen MR) is 365 cm³/mol. The summed E-state index contributed by atoms with van der Waals surface area (Å²) >= 11 is 0. The molecule has 36 heteroatoms. The second-order valence-corrected chi connectivity index (χ2v) is 24.9. The lowest BCUT2D eigenvalue weighted by Crippen LogP contribution is -2.62. The van der Waals surface area contributed by atoms with Crippen molar-refractivity contribution < 1.29 is 77.3 Å². The molecule has 2 aromatic rings. The number of carbonyl (C=O) groups is 14. The van der Waals surface area contributed by atoms with Crippen molar-refractivity contribution >= 4 is 94.6 Å². The summed E-state index contributed by atoms with van der Waals surface area (Å²) in [6.07, 6.45) is -2.57. The Morgan fingerprint density at radius 1 is 0.380 bits per heavy atom. The first-order chi connectivity index (χ1) is 47.1. The van der Waals surface area contributed by atoms with E-state index in [-0.39, 0.29) is 138 Å². The van der Waals surface area contributed by atoms with Crippen molar-refractivity contribution in [3.8, 4) is 11.5 Å². The number of primary amides is 2. The van der Waals surface area contributed by atoms with Crippen LogP contribution in [0.3, 0.4) is 0 Å². The third-order valence-electron chi connectivity index (χ3n) is 15.6. The lowest BCUT2D eigenvalue weighted by atomic mass is 9.99. The van der Waals surface area contributed by atoms with E-state index in [9.17, 15) is 77.3 Å². The number of benzene rings is 2. The number of nitrogens with two attached hydrogens (primary N) is 6. The fourth-order valence-electron chi connectivity index (χ4n) is 10.3. The van der Waals surface area contributed by atoms with Crippen molar-refractivity contribution in [3.05, 3.63) is 59.7 Å². The van der Waals surface area contributed by atoms with E-state index >= 15 is 0 Å². The summed E-state index contributed by atoms with van der Waals surface area (Å²) in [4.78, 5) is 204. The molecular formula is C64H100N20O16. The fourth-order valence-corrected chi connectivity index (χ4v) is 10.3. The highest BCUT2D eigenvalue weighted by Crippen LogP contribution is 2.17. The predicted octanol–water partition coefficient (Wildman–Crippen LogP) is -5.47. The number of guanidine groups is 2. The lowest BCUT2D eigenvalue weighted by molar-refractivity contribution is -0.138. The van der Waals surface area contributed by atoms with Crippen LogP contribution in [-0.2, 0) is 80.0 Å². The first kappa shape index (κ1) is 83.4. The Morgan fingerprint density at radius 2 is 0.640 bits per heavy atom. The van der Waals surface area contributed by atoms with Crippen LogP contribution >= 0.6 is 0 Å². The van der Waals surface area contributed by atoms with Crippen LogP contribution in [0.25, 0.3) is 0 Å². The Bertz CT molecular complexity index is 3000. The molecule has 0 aromatic heterocycles. The number of aliphatic imine (C=N–C) groups is 2. The molecule has 1 aliphatic heterocycles. The SMILES string of the molecule is CC(=O)NCCCC[C@@H]1NC(=O)[C@H](CCCN=C(N)N)NC(=O)[C@H](Cc2ccc(O)cc2)NC(=O)[C@H](C(C)C)NC(=O)[C@H](CC(N)=O)NC(=O)[C@H](CCCCNC(C)=O)NC(=O)[C@H](CCCN=C(N)N)NC(=O)[C@H](Cc2ccc(O)cc2)NC(=O)[C@H](C(C)C)NC(=O)[C@H](CC(N)=O)NC1=O. The minimum atomic E-state index is -1.86.